The number of fused-ring (bicyclic) bond motifs is 1. The summed E-state index contributed by atoms with van der Waals surface area (Å²) in [6.45, 7) is 2.49. The van der Waals surface area contributed by atoms with E-state index in [0.29, 0.717) is 13.2 Å². The van der Waals surface area contributed by atoms with Crippen LogP contribution in [0.4, 0.5) is 0 Å². The summed E-state index contributed by atoms with van der Waals surface area (Å²) < 4.78 is 5.17. The van der Waals surface area contributed by atoms with Crippen LogP contribution in [-0.2, 0) is 16.1 Å². The van der Waals surface area contributed by atoms with Crippen molar-refractivity contribution in [1.29, 1.82) is 0 Å². The number of methoxy groups -OCH3 is 1. The first-order valence-electron chi connectivity index (χ1n) is 7.50. The van der Waals surface area contributed by atoms with Crippen molar-refractivity contribution in [3.63, 3.8) is 0 Å². The van der Waals surface area contributed by atoms with Crippen LogP contribution in [0.1, 0.15) is 5.56 Å². The van der Waals surface area contributed by atoms with Gasteiger partial charge in [0.15, 0.2) is 0 Å². The van der Waals surface area contributed by atoms with E-state index in [1.807, 2.05) is 6.07 Å². The van der Waals surface area contributed by atoms with Crippen LogP contribution >= 0.6 is 0 Å². The Balaban J connectivity index is 2.19. The van der Waals surface area contributed by atoms with Gasteiger partial charge in [-0.15, -0.1) is 0 Å². The molecule has 0 saturated carbocycles. The van der Waals surface area contributed by atoms with Gasteiger partial charge in [0.25, 0.3) is 0 Å². The first-order valence-corrected chi connectivity index (χ1v) is 7.50. The van der Waals surface area contributed by atoms with Gasteiger partial charge in [0.2, 0.25) is 5.91 Å². The quantitative estimate of drug-likeness (QED) is 0.787. The van der Waals surface area contributed by atoms with Gasteiger partial charge < -0.3 is 9.64 Å². The summed E-state index contributed by atoms with van der Waals surface area (Å²) in [5.41, 5.74) is 1.24. The van der Waals surface area contributed by atoms with Crippen LogP contribution < -0.4 is 0 Å². The van der Waals surface area contributed by atoms with Gasteiger partial charge in [-0.05, 0) is 16.3 Å². The number of likely N-dealkylation sites (N-methyl/N-ethyl adjacent to an activating group) is 1. The molecule has 4 nitrogen and oxygen atoms in total. The summed E-state index contributed by atoms with van der Waals surface area (Å²) in [4.78, 5) is 15.8. The molecule has 0 saturated heterocycles. The summed E-state index contributed by atoms with van der Waals surface area (Å²) in [7, 11) is 5.26. The fraction of sp³-hybridized carbons (Fsp3) is 0.389. The highest BCUT2D eigenvalue weighted by Gasteiger charge is 2.13. The zero-order valence-corrected chi connectivity index (χ0v) is 13.6. The van der Waals surface area contributed by atoms with Gasteiger partial charge in [0.05, 0.1) is 13.2 Å². The lowest BCUT2D eigenvalue weighted by Crippen LogP contribution is -2.37. The van der Waals surface area contributed by atoms with E-state index >= 15 is 0 Å². The number of benzene rings is 2. The second kappa shape index (κ2) is 7.92. The second-order valence-corrected chi connectivity index (χ2v) is 5.63. The first-order chi connectivity index (χ1) is 10.6. The van der Waals surface area contributed by atoms with Crippen molar-refractivity contribution in [2.24, 2.45) is 0 Å². The van der Waals surface area contributed by atoms with Crippen LogP contribution in [0.25, 0.3) is 10.8 Å². The van der Waals surface area contributed by atoms with Crippen molar-refractivity contribution < 1.29 is 9.53 Å². The Morgan fingerprint density at radius 3 is 2.55 bits per heavy atom. The van der Waals surface area contributed by atoms with E-state index in [1.54, 1.807) is 26.1 Å². The number of hydrogen-bond acceptors (Lipinski definition) is 3. The molecule has 0 spiro atoms. The second-order valence-electron chi connectivity index (χ2n) is 5.63. The van der Waals surface area contributed by atoms with E-state index in [-0.39, 0.29) is 5.91 Å². The molecule has 118 valence electrons. The highest BCUT2D eigenvalue weighted by Crippen LogP contribution is 2.20. The fourth-order valence-corrected chi connectivity index (χ4v) is 2.44. The highest BCUT2D eigenvalue weighted by molar-refractivity contribution is 5.85. The third-order valence-corrected chi connectivity index (χ3v) is 3.74. The molecule has 22 heavy (non-hydrogen) atoms. The molecule has 1 amide bonds. The molecule has 4 heteroatoms. The molecule has 0 aliphatic rings. The van der Waals surface area contributed by atoms with Crippen molar-refractivity contribution >= 4 is 16.7 Å². The van der Waals surface area contributed by atoms with Gasteiger partial charge in [0, 0.05) is 34.3 Å². The van der Waals surface area contributed by atoms with Crippen LogP contribution in [0.3, 0.4) is 0 Å². The molecule has 0 N–H and O–H groups in total. The molecule has 0 heterocycles. The summed E-state index contributed by atoms with van der Waals surface area (Å²) in [5.74, 6) is 0.108. The predicted molar refractivity (Wildman–Crippen MR) is 89.8 cm³/mol. The minimum atomic E-state index is 0.108. The van der Waals surface area contributed by atoms with Crippen molar-refractivity contribution in [3.8, 4) is 0 Å². The molecule has 0 unspecified atom stereocenters. The largest absolute Gasteiger partial charge is 0.383 e. The van der Waals surface area contributed by atoms with Crippen LogP contribution in [0.2, 0.25) is 0 Å². The maximum atomic E-state index is 12.0. The summed E-state index contributed by atoms with van der Waals surface area (Å²) in [5, 5.41) is 2.47. The van der Waals surface area contributed by atoms with Gasteiger partial charge in [-0.2, -0.15) is 0 Å². The van der Waals surface area contributed by atoms with Crippen molar-refractivity contribution in [2.75, 3.05) is 40.9 Å². The zero-order chi connectivity index (χ0) is 15.9. The molecular formula is C18H24N2O2. The number of carbonyl (C=O) groups is 1. The Morgan fingerprint density at radius 2 is 1.82 bits per heavy atom. The van der Waals surface area contributed by atoms with E-state index in [0.717, 1.165) is 13.1 Å². The van der Waals surface area contributed by atoms with Crippen LogP contribution in [0.5, 0.6) is 0 Å². The topological polar surface area (TPSA) is 32.8 Å². The average molecular weight is 300 g/mol. The number of carbonyl (C=O) groups excluding carboxylic acids is 1. The standard InChI is InChI=1S/C18H24N2O2/c1-19(2)18(21)14-20(11-12-22-3)13-16-9-6-8-15-7-4-5-10-17(15)16/h4-10H,11-14H2,1-3H3. The number of rotatable bonds is 7. The van der Waals surface area contributed by atoms with Gasteiger partial charge in [0.1, 0.15) is 0 Å². The predicted octanol–water partition coefficient (Wildman–Crippen LogP) is 2.38. The fourth-order valence-electron chi connectivity index (χ4n) is 2.44. The summed E-state index contributed by atoms with van der Waals surface area (Å²) in [6, 6.07) is 14.7. The normalized spacial score (nSPS) is 11.1. The molecule has 0 radical (unpaired) electrons. The third kappa shape index (κ3) is 4.29. The van der Waals surface area contributed by atoms with E-state index in [4.69, 9.17) is 4.74 Å². The molecule has 2 rings (SSSR count). The Labute approximate surface area is 132 Å². The van der Waals surface area contributed by atoms with Crippen LogP contribution in [0.15, 0.2) is 42.5 Å². The molecule has 0 aliphatic heterocycles. The molecule has 2 aromatic rings. The Bertz CT molecular complexity index is 620. The number of nitrogens with zero attached hydrogens (tertiary/aromatic N) is 2. The molecule has 0 aliphatic carbocycles. The lowest BCUT2D eigenvalue weighted by molar-refractivity contribution is -0.130. The van der Waals surface area contributed by atoms with Gasteiger partial charge in [-0.1, -0.05) is 42.5 Å². The molecule has 2 aromatic carbocycles. The SMILES string of the molecule is COCCN(CC(=O)N(C)C)Cc1cccc2ccccc12. The lowest BCUT2D eigenvalue weighted by atomic mass is 10.0. The average Bonchev–Trinajstić information content (AvgIpc) is 2.52. The zero-order valence-electron chi connectivity index (χ0n) is 13.6. The van der Waals surface area contributed by atoms with Gasteiger partial charge in [-0.25, -0.2) is 0 Å². The van der Waals surface area contributed by atoms with E-state index in [1.165, 1.54) is 16.3 Å². The maximum absolute atomic E-state index is 12.0. The minimum absolute atomic E-state index is 0.108. The lowest BCUT2D eigenvalue weighted by Gasteiger charge is -2.24. The summed E-state index contributed by atoms with van der Waals surface area (Å²) >= 11 is 0. The molecular weight excluding hydrogens is 276 g/mol. The Kier molecular flexibility index (Phi) is 5.92. The maximum Gasteiger partial charge on any atom is 0.236 e. The highest BCUT2D eigenvalue weighted by atomic mass is 16.5. The molecule has 0 fully saturated rings. The molecule has 0 atom stereocenters. The van der Waals surface area contributed by atoms with E-state index in [2.05, 4.69) is 41.3 Å². The van der Waals surface area contributed by atoms with Crippen molar-refractivity contribution in [3.05, 3.63) is 48.0 Å². The van der Waals surface area contributed by atoms with E-state index < -0.39 is 0 Å². The van der Waals surface area contributed by atoms with Crippen LogP contribution in [-0.4, -0.2) is 56.6 Å². The monoisotopic (exact) mass is 300 g/mol. The van der Waals surface area contributed by atoms with Gasteiger partial charge in [-0.3, -0.25) is 9.69 Å². The smallest absolute Gasteiger partial charge is 0.236 e. The number of hydrogen-bond donors (Lipinski definition) is 0. The summed E-state index contributed by atoms with van der Waals surface area (Å²) in [6.07, 6.45) is 0. The van der Waals surface area contributed by atoms with Crippen molar-refractivity contribution in [1.82, 2.24) is 9.80 Å². The molecule has 0 aromatic heterocycles. The van der Waals surface area contributed by atoms with Crippen LogP contribution in [0, 0.1) is 0 Å². The third-order valence-electron chi connectivity index (χ3n) is 3.74. The minimum Gasteiger partial charge on any atom is -0.383 e. The Morgan fingerprint density at radius 1 is 1.09 bits per heavy atom. The van der Waals surface area contributed by atoms with Crippen molar-refractivity contribution in [2.45, 2.75) is 6.54 Å². The number of ether oxygens (including phenoxy) is 1. The molecule has 0 bridgehead atoms. The number of amides is 1. The Hall–Kier alpha value is -1.91. The van der Waals surface area contributed by atoms with Gasteiger partial charge >= 0.3 is 0 Å². The first kappa shape index (κ1) is 16.5. The van der Waals surface area contributed by atoms with E-state index in [9.17, 15) is 4.79 Å².